The number of nitrogens with two attached hydrogens (primary N) is 1. The fourth-order valence-electron chi connectivity index (χ4n) is 2.16. The van der Waals surface area contributed by atoms with E-state index in [4.69, 9.17) is 10.2 Å². The maximum Gasteiger partial charge on any atom is 0.335 e. The van der Waals surface area contributed by atoms with Gasteiger partial charge in [-0.05, 0) is 36.4 Å². The average Bonchev–Trinajstić information content (AvgIpc) is 2.89. The third kappa shape index (κ3) is 2.45. The molecule has 0 spiro atoms. The smallest absolute Gasteiger partial charge is 0.335 e. The highest BCUT2D eigenvalue weighted by Crippen LogP contribution is 2.21. The van der Waals surface area contributed by atoms with Gasteiger partial charge >= 0.3 is 5.97 Å². The number of carbonyl (C=O) groups is 1. The summed E-state index contributed by atoms with van der Waals surface area (Å²) in [6.07, 6.45) is 1.52. The first-order chi connectivity index (χ1) is 10.4. The molecule has 0 aliphatic rings. The Morgan fingerprint density at radius 1 is 1.18 bits per heavy atom. The van der Waals surface area contributed by atoms with Crippen molar-refractivity contribution in [1.29, 1.82) is 0 Å². The van der Waals surface area contributed by atoms with Crippen LogP contribution in [0, 0.1) is 0 Å². The Kier molecular flexibility index (Phi) is 3.19. The largest absolute Gasteiger partial charge is 0.478 e. The number of hydrogen-bond donors (Lipinski definition) is 2. The minimum absolute atomic E-state index is 0.0178. The Labute approximate surface area is 125 Å². The average molecular weight is 317 g/mol. The molecule has 1 heterocycles. The first-order valence-electron chi connectivity index (χ1n) is 6.20. The molecule has 7 nitrogen and oxygen atoms in total. The van der Waals surface area contributed by atoms with Crippen LogP contribution in [0.3, 0.4) is 0 Å². The molecule has 0 atom stereocenters. The highest BCUT2D eigenvalue weighted by Gasteiger charge is 2.12. The molecule has 22 heavy (non-hydrogen) atoms. The molecule has 0 unspecified atom stereocenters. The zero-order valence-electron chi connectivity index (χ0n) is 11.2. The summed E-state index contributed by atoms with van der Waals surface area (Å²) >= 11 is 0. The van der Waals surface area contributed by atoms with Gasteiger partial charge in [-0.25, -0.2) is 23.0 Å². The maximum atomic E-state index is 11.4. The van der Waals surface area contributed by atoms with Gasteiger partial charge in [-0.15, -0.1) is 0 Å². The molecule has 0 saturated carbocycles. The number of aromatic nitrogens is 2. The number of primary sulfonamides is 1. The van der Waals surface area contributed by atoms with Crippen LogP contribution in [0.15, 0.2) is 53.6 Å². The van der Waals surface area contributed by atoms with E-state index in [0.717, 1.165) is 0 Å². The SMILES string of the molecule is NS(=O)(=O)c1cccc(-n2ncc3cc(C(=O)O)ccc32)c1. The molecule has 0 saturated heterocycles. The molecule has 0 radical (unpaired) electrons. The van der Waals surface area contributed by atoms with Crippen LogP contribution in [-0.2, 0) is 10.0 Å². The molecule has 3 N–H and O–H groups in total. The number of hydrogen-bond acceptors (Lipinski definition) is 4. The van der Waals surface area contributed by atoms with Crippen molar-refractivity contribution >= 4 is 26.9 Å². The normalized spacial score (nSPS) is 11.7. The van der Waals surface area contributed by atoms with E-state index in [1.807, 2.05) is 0 Å². The minimum atomic E-state index is -3.81. The molecule has 112 valence electrons. The van der Waals surface area contributed by atoms with Gasteiger partial charge < -0.3 is 5.11 Å². The molecule has 0 bridgehead atoms. The van der Waals surface area contributed by atoms with E-state index in [9.17, 15) is 13.2 Å². The van der Waals surface area contributed by atoms with Gasteiger partial charge in [-0.1, -0.05) is 6.07 Å². The maximum absolute atomic E-state index is 11.4. The molecular formula is C14H11N3O4S. The number of aromatic carboxylic acids is 1. The van der Waals surface area contributed by atoms with Crippen molar-refractivity contribution in [2.24, 2.45) is 5.14 Å². The number of benzene rings is 2. The van der Waals surface area contributed by atoms with Crippen LogP contribution in [0.2, 0.25) is 0 Å². The molecule has 0 amide bonds. The molecule has 1 aromatic heterocycles. The molecule has 8 heteroatoms. The van der Waals surface area contributed by atoms with E-state index in [-0.39, 0.29) is 10.5 Å². The van der Waals surface area contributed by atoms with Crippen LogP contribution in [0.25, 0.3) is 16.6 Å². The van der Waals surface area contributed by atoms with Crippen LogP contribution in [0.4, 0.5) is 0 Å². The van der Waals surface area contributed by atoms with E-state index in [1.165, 1.54) is 35.1 Å². The van der Waals surface area contributed by atoms with E-state index < -0.39 is 16.0 Å². The number of nitrogens with zero attached hydrogens (tertiary/aromatic N) is 2. The first kappa shape index (κ1) is 14.2. The van der Waals surface area contributed by atoms with Crippen molar-refractivity contribution in [3.05, 3.63) is 54.2 Å². The fourth-order valence-corrected chi connectivity index (χ4v) is 2.72. The first-order valence-corrected chi connectivity index (χ1v) is 7.75. The van der Waals surface area contributed by atoms with Crippen molar-refractivity contribution in [3.63, 3.8) is 0 Å². The zero-order valence-corrected chi connectivity index (χ0v) is 12.0. The number of rotatable bonds is 3. The predicted molar refractivity (Wildman–Crippen MR) is 79.4 cm³/mol. The van der Waals surface area contributed by atoms with E-state index >= 15 is 0 Å². The van der Waals surface area contributed by atoms with Crippen LogP contribution in [0.5, 0.6) is 0 Å². The highest BCUT2D eigenvalue weighted by atomic mass is 32.2. The second kappa shape index (κ2) is 4.93. The quantitative estimate of drug-likeness (QED) is 0.757. The molecule has 0 fully saturated rings. The number of carboxylic acid groups (broad SMARTS) is 1. The van der Waals surface area contributed by atoms with E-state index in [1.54, 1.807) is 18.2 Å². The second-order valence-electron chi connectivity index (χ2n) is 4.68. The lowest BCUT2D eigenvalue weighted by atomic mass is 10.1. The molecule has 3 aromatic rings. The van der Waals surface area contributed by atoms with Gasteiger partial charge in [0.15, 0.2) is 0 Å². The van der Waals surface area contributed by atoms with Gasteiger partial charge in [0.2, 0.25) is 10.0 Å². The van der Waals surface area contributed by atoms with E-state index in [0.29, 0.717) is 16.6 Å². The van der Waals surface area contributed by atoms with Crippen LogP contribution < -0.4 is 5.14 Å². The Balaban J connectivity index is 2.17. The van der Waals surface area contributed by atoms with Crippen molar-refractivity contribution in [2.75, 3.05) is 0 Å². The minimum Gasteiger partial charge on any atom is -0.478 e. The monoisotopic (exact) mass is 317 g/mol. The summed E-state index contributed by atoms with van der Waals surface area (Å²) in [5.41, 5.74) is 1.34. The molecule has 0 aliphatic carbocycles. The summed E-state index contributed by atoms with van der Waals surface area (Å²) in [6.45, 7) is 0. The highest BCUT2D eigenvalue weighted by molar-refractivity contribution is 7.89. The molecule has 2 aromatic carbocycles. The second-order valence-corrected chi connectivity index (χ2v) is 6.24. The van der Waals surface area contributed by atoms with Crippen molar-refractivity contribution in [2.45, 2.75) is 4.90 Å². The third-order valence-electron chi connectivity index (χ3n) is 3.21. The topological polar surface area (TPSA) is 115 Å². The van der Waals surface area contributed by atoms with Crippen molar-refractivity contribution < 1.29 is 18.3 Å². The summed E-state index contributed by atoms with van der Waals surface area (Å²) in [6, 6.07) is 10.6. The Hall–Kier alpha value is -2.71. The number of carboxylic acids is 1. The predicted octanol–water partition coefficient (Wildman–Crippen LogP) is 1.37. The number of sulfonamides is 1. The third-order valence-corrected chi connectivity index (χ3v) is 4.12. The Morgan fingerprint density at radius 2 is 1.95 bits per heavy atom. The molecule has 0 aliphatic heterocycles. The van der Waals surface area contributed by atoms with Gasteiger partial charge in [0.05, 0.1) is 27.9 Å². The van der Waals surface area contributed by atoms with Crippen molar-refractivity contribution in [1.82, 2.24) is 9.78 Å². The number of fused-ring (bicyclic) bond motifs is 1. The van der Waals surface area contributed by atoms with Gasteiger partial charge in [0, 0.05) is 5.39 Å². The summed E-state index contributed by atoms with van der Waals surface area (Å²) in [5.74, 6) is -1.02. The van der Waals surface area contributed by atoms with Crippen LogP contribution >= 0.6 is 0 Å². The van der Waals surface area contributed by atoms with Gasteiger partial charge in [0.1, 0.15) is 0 Å². The van der Waals surface area contributed by atoms with Gasteiger partial charge in [-0.3, -0.25) is 0 Å². The molecule has 3 rings (SSSR count). The summed E-state index contributed by atoms with van der Waals surface area (Å²) in [5, 5.41) is 18.9. The standard InChI is InChI=1S/C14H11N3O4S/c15-22(20,21)12-3-1-2-11(7-12)17-13-5-4-9(14(18)19)6-10(13)8-16-17/h1-8H,(H,18,19)(H2,15,20,21). The summed E-state index contributed by atoms with van der Waals surface area (Å²) in [7, 11) is -3.81. The Bertz CT molecular complexity index is 992. The van der Waals surface area contributed by atoms with Crippen LogP contribution in [-0.4, -0.2) is 29.3 Å². The van der Waals surface area contributed by atoms with Gasteiger partial charge in [0.25, 0.3) is 0 Å². The van der Waals surface area contributed by atoms with E-state index in [2.05, 4.69) is 5.10 Å². The lowest BCUT2D eigenvalue weighted by Gasteiger charge is -2.06. The fraction of sp³-hybridized carbons (Fsp3) is 0. The lowest BCUT2D eigenvalue weighted by molar-refractivity contribution is 0.0697. The lowest BCUT2D eigenvalue weighted by Crippen LogP contribution is -2.12. The molecular weight excluding hydrogens is 306 g/mol. The summed E-state index contributed by atoms with van der Waals surface area (Å²) in [4.78, 5) is 11.0. The van der Waals surface area contributed by atoms with Crippen LogP contribution in [0.1, 0.15) is 10.4 Å². The summed E-state index contributed by atoms with van der Waals surface area (Å²) < 4.78 is 24.4. The van der Waals surface area contributed by atoms with Crippen molar-refractivity contribution in [3.8, 4) is 5.69 Å². The Morgan fingerprint density at radius 3 is 2.64 bits per heavy atom. The van der Waals surface area contributed by atoms with Gasteiger partial charge in [-0.2, -0.15) is 5.10 Å². The zero-order chi connectivity index (χ0) is 15.9.